The highest BCUT2D eigenvalue weighted by atomic mass is 79.9. The molecule has 0 bridgehead atoms. The van der Waals surface area contributed by atoms with Gasteiger partial charge in [0.25, 0.3) is 0 Å². The highest BCUT2D eigenvalue weighted by Crippen LogP contribution is 2.29. The van der Waals surface area contributed by atoms with Crippen LogP contribution in [0, 0.1) is 0 Å². The molecule has 0 unspecified atom stereocenters. The number of ether oxygens (including phenoxy) is 1. The molecule has 98 valence electrons. The van der Waals surface area contributed by atoms with E-state index in [0.717, 1.165) is 0 Å². The summed E-state index contributed by atoms with van der Waals surface area (Å²) >= 11 is 3.22. The molecule has 0 fully saturated rings. The summed E-state index contributed by atoms with van der Waals surface area (Å²) in [5, 5.41) is 11.6. The van der Waals surface area contributed by atoms with E-state index in [4.69, 9.17) is 9.84 Å². The summed E-state index contributed by atoms with van der Waals surface area (Å²) in [5.74, 6) is -0.944. The third-order valence-corrected chi connectivity index (χ3v) is 2.77. The van der Waals surface area contributed by atoms with Crippen LogP contribution in [0.2, 0.25) is 0 Å². The molecule has 1 aromatic carbocycles. The van der Waals surface area contributed by atoms with Gasteiger partial charge in [-0.2, -0.15) is 0 Å². The van der Waals surface area contributed by atoms with Crippen molar-refractivity contribution in [2.45, 2.75) is 13.3 Å². The normalized spacial score (nSPS) is 9.89. The molecule has 6 heteroatoms. The molecule has 0 aliphatic rings. The van der Waals surface area contributed by atoms with Gasteiger partial charge in [-0.25, -0.2) is 4.79 Å². The fraction of sp³-hybridized carbons (Fsp3) is 0.333. The first-order chi connectivity index (χ1) is 8.56. The van der Waals surface area contributed by atoms with Crippen molar-refractivity contribution >= 4 is 27.8 Å². The van der Waals surface area contributed by atoms with Crippen LogP contribution in [0.1, 0.15) is 23.7 Å². The van der Waals surface area contributed by atoms with Gasteiger partial charge in [0.15, 0.2) is 0 Å². The number of amides is 1. The minimum Gasteiger partial charge on any atom is -0.491 e. The lowest BCUT2D eigenvalue weighted by molar-refractivity contribution is -0.121. The highest BCUT2D eigenvalue weighted by molar-refractivity contribution is 9.10. The summed E-state index contributed by atoms with van der Waals surface area (Å²) in [4.78, 5) is 22.2. The smallest absolute Gasteiger partial charge is 0.339 e. The molecule has 5 nitrogen and oxygen atoms in total. The first kappa shape index (κ1) is 14.5. The largest absolute Gasteiger partial charge is 0.491 e. The van der Waals surface area contributed by atoms with E-state index in [9.17, 15) is 9.59 Å². The van der Waals surface area contributed by atoms with E-state index in [-0.39, 0.29) is 30.2 Å². The first-order valence-electron chi connectivity index (χ1n) is 5.47. The molecular weight excluding hydrogens is 302 g/mol. The average Bonchev–Trinajstić information content (AvgIpc) is 2.31. The van der Waals surface area contributed by atoms with Gasteiger partial charge in [0.2, 0.25) is 5.91 Å². The number of nitrogens with one attached hydrogen (secondary N) is 1. The predicted octanol–water partition coefficient (Wildman–Crippen LogP) is 2.05. The number of carbonyl (C=O) groups excluding carboxylic acids is 1. The number of carboxylic acids is 1. The Morgan fingerprint density at radius 2 is 2.17 bits per heavy atom. The number of hydrogen-bond donors (Lipinski definition) is 2. The molecule has 1 rings (SSSR count). The summed E-state index contributed by atoms with van der Waals surface area (Å²) < 4.78 is 5.91. The number of para-hydroxylation sites is 1. The Hall–Kier alpha value is -1.56. The minimum atomic E-state index is -1.07. The first-order valence-corrected chi connectivity index (χ1v) is 6.26. The van der Waals surface area contributed by atoms with Crippen LogP contribution < -0.4 is 10.1 Å². The maximum Gasteiger partial charge on any atom is 0.339 e. The van der Waals surface area contributed by atoms with Crippen molar-refractivity contribution in [2.24, 2.45) is 0 Å². The second-order valence-corrected chi connectivity index (χ2v) is 4.33. The molecule has 0 aliphatic carbocycles. The molecule has 0 aliphatic heterocycles. The van der Waals surface area contributed by atoms with Gasteiger partial charge in [0, 0.05) is 6.54 Å². The van der Waals surface area contributed by atoms with Gasteiger partial charge in [0.05, 0.1) is 17.5 Å². The van der Waals surface area contributed by atoms with Crippen LogP contribution in [-0.2, 0) is 4.79 Å². The number of halogens is 1. The van der Waals surface area contributed by atoms with Gasteiger partial charge < -0.3 is 15.2 Å². The molecule has 0 heterocycles. The summed E-state index contributed by atoms with van der Waals surface area (Å²) in [6.07, 6.45) is 0.189. The third-order valence-electron chi connectivity index (χ3n) is 2.15. The summed E-state index contributed by atoms with van der Waals surface area (Å²) in [6, 6.07) is 4.76. The Balaban J connectivity index is 2.67. The van der Waals surface area contributed by atoms with Gasteiger partial charge in [-0.05, 0) is 35.0 Å². The Morgan fingerprint density at radius 3 is 2.78 bits per heavy atom. The monoisotopic (exact) mass is 315 g/mol. The van der Waals surface area contributed by atoms with Crippen LogP contribution in [0.5, 0.6) is 5.75 Å². The van der Waals surface area contributed by atoms with Crippen molar-refractivity contribution in [1.29, 1.82) is 0 Å². The van der Waals surface area contributed by atoms with E-state index in [2.05, 4.69) is 21.2 Å². The van der Waals surface area contributed by atoms with E-state index < -0.39 is 5.97 Å². The Labute approximate surface area is 113 Å². The zero-order chi connectivity index (χ0) is 13.5. The van der Waals surface area contributed by atoms with Crippen molar-refractivity contribution in [3.8, 4) is 5.75 Å². The average molecular weight is 316 g/mol. The van der Waals surface area contributed by atoms with E-state index in [1.54, 1.807) is 12.1 Å². The second kappa shape index (κ2) is 7.00. The lowest BCUT2D eigenvalue weighted by Gasteiger charge is -2.10. The fourth-order valence-corrected chi connectivity index (χ4v) is 1.84. The molecule has 18 heavy (non-hydrogen) atoms. The van der Waals surface area contributed by atoms with Crippen LogP contribution in [-0.4, -0.2) is 30.1 Å². The van der Waals surface area contributed by atoms with Gasteiger partial charge >= 0.3 is 5.97 Å². The highest BCUT2D eigenvalue weighted by Gasteiger charge is 2.14. The van der Waals surface area contributed by atoms with Crippen LogP contribution in [0.25, 0.3) is 0 Å². The lowest BCUT2D eigenvalue weighted by atomic mass is 10.2. The number of carboxylic acid groups (broad SMARTS) is 1. The SMILES string of the molecule is CCNC(=O)CCOc1c(Br)cccc1C(=O)O. The number of rotatable bonds is 6. The van der Waals surface area contributed by atoms with Crippen molar-refractivity contribution in [3.05, 3.63) is 28.2 Å². The molecule has 0 saturated heterocycles. The van der Waals surface area contributed by atoms with E-state index in [1.165, 1.54) is 6.07 Å². The van der Waals surface area contributed by atoms with Crippen LogP contribution in [0.3, 0.4) is 0 Å². The summed E-state index contributed by atoms with van der Waals surface area (Å²) in [6.45, 7) is 2.53. The number of hydrogen-bond acceptors (Lipinski definition) is 3. The number of aromatic carboxylic acids is 1. The molecule has 2 N–H and O–H groups in total. The number of carbonyl (C=O) groups is 2. The summed E-state index contributed by atoms with van der Waals surface area (Å²) in [7, 11) is 0. The Bertz CT molecular complexity index is 448. The number of benzene rings is 1. The molecule has 1 amide bonds. The van der Waals surface area contributed by atoms with Crippen molar-refractivity contribution in [3.63, 3.8) is 0 Å². The minimum absolute atomic E-state index is 0.0697. The molecule has 0 aromatic heterocycles. The zero-order valence-electron chi connectivity index (χ0n) is 9.90. The van der Waals surface area contributed by atoms with Crippen molar-refractivity contribution in [1.82, 2.24) is 5.32 Å². The standard InChI is InChI=1S/C12H14BrNO4/c1-2-14-10(15)6-7-18-11-8(12(16)17)4-3-5-9(11)13/h3-5H,2,6-7H2,1H3,(H,14,15)(H,16,17). The van der Waals surface area contributed by atoms with Gasteiger partial charge in [-0.1, -0.05) is 6.07 Å². The summed E-state index contributed by atoms with van der Waals surface area (Å²) in [5.41, 5.74) is 0.0697. The topological polar surface area (TPSA) is 75.6 Å². The van der Waals surface area contributed by atoms with E-state index >= 15 is 0 Å². The van der Waals surface area contributed by atoms with Crippen molar-refractivity contribution in [2.75, 3.05) is 13.2 Å². The maximum absolute atomic E-state index is 11.2. The zero-order valence-corrected chi connectivity index (χ0v) is 11.5. The fourth-order valence-electron chi connectivity index (χ4n) is 1.36. The molecule has 0 spiro atoms. The quantitative estimate of drug-likeness (QED) is 0.842. The van der Waals surface area contributed by atoms with Crippen LogP contribution >= 0.6 is 15.9 Å². The van der Waals surface area contributed by atoms with Gasteiger partial charge in [-0.15, -0.1) is 0 Å². The molecule has 0 atom stereocenters. The van der Waals surface area contributed by atoms with E-state index in [1.807, 2.05) is 6.92 Å². The van der Waals surface area contributed by atoms with Gasteiger partial charge in [-0.3, -0.25) is 4.79 Å². The predicted molar refractivity (Wildman–Crippen MR) is 69.9 cm³/mol. The lowest BCUT2D eigenvalue weighted by Crippen LogP contribution is -2.24. The maximum atomic E-state index is 11.2. The van der Waals surface area contributed by atoms with Crippen LogP contribution in [0.4, 0.5) is 0 Å². The molecule has 0 saturated carbocycles. The van der Waals surface area contributed by atoms with Crippen molar-refractivity contribution < 1.29 is 19.4 Å². The van der Waals surface area contributed by atoms with Crippen LogP contribution in [0.15, 0.2) is 22.7 Å². The van der Waals surface area contributed by atoms with E-state index in [0.29, 0.717) is 11.0 Å². The third kappa shape index (κ3) is 4.03. The van der Waals surface area contributed by atoms with Gasteiger partial charge in [0.1, 0.15) is 11.3 Å². The molecule has 1 aromatic rings. The molecular formula is C12H14BrNO4. The second-order valence-electron chi connectivity index (χ2n) is 3.47. The molecule has 0 radical (unpaired) electrons. The Kier molecular flexibility index (Phi) is 5.64. The Morgan fingerprint density at radius 1 is 1.44 bits per heavy atom.